The Hall–Kier alpha value is -2.73. The van der Waals surface area contributed by atoms with E-state index in [1.807, 2.05) is 42.6 Å². The Bertz CT molecular complexity index is 733. The number of aromatic amines is 1. The van der Waals surface area contributed by atoms with Crippen molar-refractivity contribution in [1.29, 1.82) is 5.26 Å². The van der Waals surface area contributed by atoms with Gasteiger partial charge in [0.25, 0.3) is 0 Å². The van der Waals surface area contributed by atoms with Crippen molar-refractivity contribution in [2.75, 3.05) is 5.32 Å². The molecule has 0 fully saturated rings. The predicted octanol–water partition coefficient (Wildman–Crippen LogP) is 3.65. The number of nitrogens with one attached hydrogen (secondary N) is 2. The van der Waals surface area contributed by atoms with Gasteiger partial charge in [-0.2, -0.15) is 5.26 Å². The molecule has 0 aliphatic rings. The number of anilines is 1. The van der Waals surface area contributed by atoms with Gasteiger partial charge in [0.15, 0.2) is 0 Å². The number of rotatable bonds is 3. The number of hydrogen-bond donors (Lipinski definition) is 2. The first-order valence-corrected chi connectivity index (χ1v) is 6.16. The maximum absolute atomic E-state index is 8.75. The molecule has 19 heavy (non-hydrogen) atoms. The molecule has 0 radical (unpaired) electrons. The minimum absolute atomic E-state index is 0.678. The highest BCUT2D eigenvalue weighted by Crippen LogP contribution is 2.19. The number of benzene rings is 2. The average molecular weight is 247 g/mol. The van der Waals surface area contributed by atoms with Crippen LogP contribution in [0.1, 0.15) is 11.1 Å². The molecule has 3 aromatic rings. The molecule has 1 heterocycles. The van der Waals surface area contributed by atoms with Crippen LogP contribution in [0.25, 0.3) is 10.9 Å². The van der Waals surface area contributed by atoms with Crippen LogP contribution in [-0.2, 0) is 6.54 Å². The number of nitrogens with zero attached hydrogens (tertiary/aromatic N) is 1. The Morgan fingerprint density at radius 3 is 2.63 bits per heavy atom. The molecular formula is C16H13N3. The van der Waals surface area contributed by atoms with E-state index in [1.54, 1.807) is 0 Å². The molecule has 0 aliphatic heterocycles. The zero-order valence-electron chi connectivity index (χ0n) is 10.4. The molecule has 0 saturated carbocycles. The zero-order chi connectivity index (χ0) is 13.1. The average Bonchev–Trinajstić information content (AvgIpc) is 2.89. The molecule has 92 valence electrons. The van der Waals surface area contributed by atoms with Crippen molar-refractivity contribution in [3.05, 3.63) is 65.9 Å². The second-order valence-corrected chi connectivity index (χ2v) is 4.40. The third kappa shape index (κ3) is 2.29. The van der Waals surface area contributed by atoms with Crippen molar-refractivity contribution in [1.82, 2.24) is 4.98 Å². The fraction of sp³-hybridized carbons (Fsp3) is 0.0625. The summed E-state index contributed by atoms with van der Waals surface area (Å²) in [7, 11) is 0. The smallest absolute Gasteiger partial charge is 0.0991 e. The van der Waals surface area contributed by atoms with Gasteiger partial charge in [-0.05, 0) is 35.9 Å². The minimum Gasteiger partial charge on any atom is -0.381 e. The summed E-state index contributed by atoms with van der Waals surface area (Å²) in [6.45, 7) is 0.760. The molecule has 2 aromatic carbocycles. The zero-order valence-corrected chi connectivity index (χ0v) is 10.4. The van der Waals surface area contributed by atoms with Gasteiger partial charge in [0.05, 0.1) is 11.6 Å². The van der Waals surface area contributed by atoms with Crippen LogP contribution in [0.15, 0.2) is 54.7 Å². The van der Waals surface area contributed by atoms with E-state index in [0.717, 1.165) is 17.7 Å². The molecule has 0 aliphatic carbocycles. The van der Waals surface area contributed by atoms with Gasteiger partial charge < -0.3 is 10.3 Å². The normalized spacial score (nSPS) is 10.3. The first-order chi connectivity index (χ1) is 9.36. The third-order valence-electron chi connectivity index (χ3n) is 3.17. The maximum Gasteiger partial charge on any atom is 0.0991 e. The standard InChI is InChI=1S/C16H13N3/c17-9-12-5-7-14(8-6-12)18-10-13-11-19-16-4-2-1-3-15(13)16/h1-8,11,18-19H,10H2. The number of hydrogen-bond acceptors (Lipinski definition) is 2. The first-order valence-electron chi connectivity index (χ1n) is 6.16. The number of para-hydroxylation sites is 1. The highest BCUT2D eigenvalue weighted by Gasteiger charge is 2.02. The molecule has 2 N–H and O–H groups in total. The van der Waals surface area contributed by atoms with Gasteiger partial charge in [-0.25, -0.2) is 0 Å². The lowest BCUT2D eigenvalue weighted by Crippen LogP contribution is -1.98. The molecule has 3 nitrogen and oxygen atoms in total. The van der Waals surface area contributed by atoms with Crippen LogP contribution in [-0.4, -0.2) is 4.98 Å². The molecule has 3 rings (SSSR count). The fourth-order valence-electron chi connectivity index (χ4n) is 2.14. The highest BCUT2D eigenvalue weighted by atomic mass is 14.9. The quantitative estimate of drug-likeness (QED) is 0.742. The van der Waals surface area contributed by atoms with Gasteiger partial charge >= 0.3 is 0 Å². The predicted molar refractivity (Wildman–Crippen MR) is 76.8 cm³/mol. The summed E-state index contributed by atoms with van der Waals surface area (Å²) in [4.78, 5) is 3.26. The molecule has 0 spiro atoms. The molecular weight excluding hydrogens is 234 g/mol. The van der Waals surface area contributed by atoms with Crippen LogP contribution >= 0.6 is 0 Å². The summed E-state index contributed by atoms with van der Waals surface area (Å²) in [5.41, 5.74) is 4.08. The Morgan fingerprint density at radius 1 is 1.05 bits per heavy atom. The summed E-state index contributed by atoms with van der Waals surface area (Å²) in [6.07, 6.45) is 2.03. The Labute approximate surface area is 111 Å². The lowest BCUT2D eigenvalue weighted by atomic mass is 10.1. The van der Waals surface area contributed by atoms with E-state index in [1.165, 1.54) is 10.9 Å². The monoisotopic (exact) mass is 247 g/mol. The molecule has 0 unspecified atom stereocenters. The SMILES string of the molecule is N#Cc1ccc(NCc2c[nH]c3ccccc23)cc1. The van der Waals surface area contributed by atoms with Crippen molar-refractivity contribution >= 4 is 16.6 Å². The topological polar surface area (TPSA) is 51.6 Å². The molecule has 3 heteroatoms. The highest BCUT2D eigenvalue weighted by molar-refractivity contribution is 5.83. The van der Waals surface area contributed by atoms with Gasteiger partial charge in [0.2, 0.25) is 0 Å². The number of H-pyrrole nitrogens is 1. The lowest BCUT2D eigenvalue weighted by molar-refractivity contribution is 1.16. The minimum atomic E-state index is 0.678. The summed E-state index contributed by atoms with van der Waals surface area (Å²) in [5.74, 6) is 0. The van der Waals surface area contributed by atoms with E-state index >= 15 is 0 Å². The van der Waals surface area contributed by atoms with Crippen LogP contribution < -0.4 is 5.32 Å². The van der Waals surface area contributed by atoms with E-state index in [0.29, 0.717) is 5.56 Å². The van der Waals surface area contributed by atoms with Crippen LogP contribution in [0.2, 0.25) is 0 Å². The van der Waals surface area contributed by atoms with Crippen LogP contribution in [0.4, 0.5) is 5.69 Å². The van der Waals surface area contributed by atoms with Crippen molar-refractivity contribution < 1.29 is 0 Å². The van der Waals surface area contributed by atoms with Crippen LogP contribution in [0.3, 0.4) is 0 Å². The maximum atomic E-state index is 8.75. The Kier molecular flexibility index (Phi) is 2.91. The lowest BCUT2D eigenvalue weighted by Gasteiger charge is -2.05. The molecule has 0 bridgehead atoms. The number of nitriles is 1. The number of fused-ring (bicyclic) bond motifs is 1. The van der Waals surface area contributed by atoms with Crippen LogP contribution in [0, 0.1) is 11.3 Å². The fourth-order valence-corrected chi connectivity index (χ4v) is 2.14. The van der Waals surface area contributed by atoms with E-state index in [2.05, 4.69) is 28.5 Å². The first kappa shape index (κ1) is 11.4. The summed E-state index contributed by atoms with van der Waals surface area (Å²) >= 11 is 0. The van der Waals surface area contributed by atoms with Gasteiger partial charge in [-0.3, -0.25) is 0 Å². The molecule has 0 saturated heterocycles. The van der Waals surface area contributed by atoms with Gasteiger partial charge in [-0.15, -0.1) is 0 Å². The Morgan fingerprint density at radius 2 is 1.84 bits per heavy atom. The third-order valence-corrected chi connectivity index (χ3v) is 3.17. The molecule has 0 amide bonds. The summed E-state index contributed by atoms with van der Waals surface area (Å²) in [5, 5.41) is 13.4. The molecule has 1 aromatic heterocycles. The van der Waals surface area contributed by atoms with Crippen molar-refractivity contribution in [3.8, 4) is 6.07 Å². The van der Waals surface area contributed by atoms with E-state index in [9.17, 15) is 0 Å². The van der Waals surface area contributed by atoms with Crippen molar-refractivity contribution in [3.63, 3.8) is 0 Å². The van der Waals surface area contributed by atoms with E-state index < -0.39 is 0 Å². The largest absolute Gasteiger partial charge is 0.381 e. The van der Waals surface area contributed by atoms with Gasteiger partial charge in [0.1, 0.15) is 0 Å². The summed E-state index contributed by atoms with van der Waals surface area (Å²) in [6, 6.07) is 17.8. The van der Waals surface area contributed by atoms with Gasteiger partial charge in [-0.1, -0.05) is 18.2 Å². The van der Waals surface area contributed by atoms with E-state index in [4.69, 9.17) is 5.26 Å². The summed E-state index contributed by atoms with van der Waals surface area (Å²) < 4.78 is 0. The second kappa shape index (κ2) is 4.87. The van der Waals surface area contributed by atoms with Crippen molar-refractivity contribution in [2.24, 2.45) is 0 Å². The number of aromatic nitrogens is 1. The second-order valence-electron chi connectivity index (χ2n) is 4.40. The Balaban J connectivity index is 1.77. The van der Waals surface area contributed by atoms with Crippen LogP contribution in [0.5, 0.6) is 0 Å². The molecule has 0 atom stereocenters. The van der Waals surface area contributed by atoms with Gasteiger partial charge in [0, 0.05) is 29.3 Å². The van der Waals surface area contributed by atoms with E-state index in [-0.39, 0.29) is 0 Å². The van der Waals surface area contributed by atoms with Crippen molar-refractivity contribution in [2.45, 2.75) is 6.54 Å².